The maximum atomic E-state index is 5.87. The smallest absolute Gasteiger partial charge is 0.183 e. The van der Waals surface area contributed by atoms with Crippen LogP contribution in [-0.4, -0.2) is 9.97 Å². The standard InChI is InChI=1S/C19H14ClN3S2/c20-19-22-11-16(25-19)10-21-15-8-4-7-14(9-15)18-23-17(12-24-18)13-5-2-1-3-6-13/h1-9,11-12,21H,10H2. The van der Waals surface area contributed by atoms with E-state index in [2.05, 4.69) is 46.0 Å². The highest BCUT2D eigenvalue weighted by Gasteiger charge is 2.07. The third-order valence-corrected chi connectivity index (χ3v) is 5.68. The lowest BCUT2D eigenvalue weighted by molar-refractivity contribution is 1.17. The third kappa shape index (κ3) is 3.90. The Morgan fingerprint density at radius 2 is 1.84 bits per heavy atom. The van der Waals surface area contributed by atoms with Gasteiger partial charge < -0.3 is 5.32 Å². The number of benzene rings is 2. The first-order valence-corrected chi connectivity index (χ1v) is 9.81. The fourth-order valence-electron chi connectivity index (χ4n) is 2.46. The first kappa shape index (κ1) is 16.3. The monoisotopic (exact) mass is 383 g/mol. The van der Waals surface area contributed by atoms with Crippen LogP contribution in [0.1, 0.15) is 4.88 Å². The molecule has 3 nitrogen and oxygen atoms in total. The van der Waals surface area contributed by atoms with Gasteiger partial charge in [0.25, 0.3) is 0 Å². The molecule has 0 aliphatic rings. The van der Waals surface area contributed by atoms with E-state index >= 15 is 0 Å². The van der Waals surface area contributed by atoms with Crippen molar-refractivity contribution in [1.29, 1.82) is 0 Å². The Hall–Kier alpha value is -2.21. The molecule has 0 radical (unpaired) electrons. The van der Waals surface area contributed by atoms with Crippen molar-refractivity contribution in [3.8, 4) is 21.8 Å². The zero-order valence-corrected chi connectivity index (χ0v) is 15.5. The summed E-state index contributed by atoms with van der Waals surface area (Å²) in [4.78, 5) is 9.95. The molecule has 0 aliphatic heterocycles. The first-order chi connectivity index (χ1) is 12.3. The molecular formula is C19H14ClN3S2. The van der Waals surface area contributed by atoms with Crippen molar-refractivity contribution >= 4 is 40.0 Å². The van der Waals surface area contributed by atoms with Gasteiger partial charge in [0.2, 0.25) is 0 Å². The minimum atomic E-state index is 0.571. The van der Waals surface area contributed by atoms with Crippen molar-refractivity contribution < 1.29 is 0 Å². The van der Waals surface area contributed by atoms with E-state index in [0.717, 1.165) is 32.4 Å². The maximum absolute atomic E-state index is 5.87. The van der Waals surface area contributed by atoms with Gasteiger partial charge in [0.15, 0.2) is 4.47 Å². The second-order valence-corrected chi connectivity index (χ2v) is 7.97. The van der Waals surface area contributed by atoms with Gasteiger partial charge in [-0.1, -0.05) is 54.1 Å². The molecule has 0 fully saturated rings. The fraction of sp³-hybridized carbons (Fsp3) is 0.0526. The van der Waals surface area contributed by atoms with Crippen LogP contribution in [0.2, 0.25) is 4.47 Å². The van der Waals surface area contributed by atoms with Crippen molar-refractivity contribution in [2.24, 2.45) is 0 Å². The quantitative estimate of drug-likeness (QED) is 0.446. The lowest BCUT2D eigenvalue weighted by atomic mass is 10.2. The van der Waals surface area contributed by atoms with Crippen LogP contribution >= 0.6 is 34.3 Å². The van der Waals surface area contributed by atoms with E-state index in [9.17, 15) is 0 Å². The van der Waals surface area contributed by atoms with Gasteiger partial charge in [0.05, 0.1) is 12.2 Å². The van der Waals surface area contributed by atoms with Crippen molar-refractivity contribution in [3.63, 3.8) is 0 Å². The molecule has 0 atom stereocenters. The summed E-state index contributed by atoms with van der Waals surface area (Å²) in [5.74, 6) is 0. The van der Waals surface area contributed by atoms with E-state index in [4.69, 9.17) is 16.6 Å². The Kier molecular flexibility index (Phi) is 4.78. The Balaban J connectivity index is 1.52. The second-order valence-electron chi connectivity index (χ2n) is 5.42. The molecular weight excluding hydrogens is 370 g/mol. The second kappa shape index (κ2) is 7.35. The number of aromatic nitrogens is 2. The van der Waals surface area contributed by atoms with Gasteiger partial charge >= 0.3 is 0 Å². The minimum absolute atomic E-state index is 0.571. The van der Waals surface area contributed by atoms with Crippen molar-refractivity contribution in [3.05, 3.63) is 75.5 Å². The molecule has 4 rings (SSSR count). The number of anilines is 1. The molecule has 0 unspecified atom stereocenters. The Labute approximate surface area is 159 Å². The van der Waals surface area contributed by atoms with Crippen LogP contribution in [0.5, 0.6) is 0 Å². The molecule has 0 amide bonds. The molecule has 1 N–H and O–H groups in total. The number of hydrogen-bond donors (Lipinski definition) is 1. The fourth-order valence-corrected chi connectivity index (χ4v) is 4.21. The van der Waals surface area contributed by atoms with E-state index < -0.39 is 0 Å². The largest absolute Gasteiger partial charge is 0.380 e. The molecule has 0 saturated carbocycles. The summed E-state index contributed by atoms with van der Waals surface area (Å²) in [5.41, 5.74) is 4.32. The highest BCUT2D eigenvalue weighted by Crippen LogP contribution is 2.30. The molecule has 0 aliphatic carbocycles. The summed E-state index contributed by atoms with van der Waals surface area (Å²) in [6, 6.07) is 18.5. The highest BCUT2D eigenvalue weighted by atomic mass is 35.5. The summed E-state index contributed by atoms with van der Waals surface area (Å²) >= 11 is 9.02. The molecule has 0 saturated heterocycles. The zero-order chi connectivity index (χ0) is 17.1. The van der Waals surface area contributed by atoms with Crippen LogP contribution < -0.4 is 5.32 Å². The summed E-state index contributed by atoms with van der Waals surface area (Å²) in [7, 11) is 0. The minimum Gasteiger partial charge on any atom is -0.380 e. The summed E-state index contributed by atoms with van der Waals surface area (Å²) in [6.45, 7) is 0.709. The Morgan fingerprint density at radius 3 is 2.64 bits per heavy atom. The van der Waals surface area contributed by atoms with E-state index in [1.165, 1.54) is 11.3 Å². The third-order valence-electron chi connectivity index (χ3n) is 3.68. The number of halogens is 1. The van der Waals surface area contributed by atoms with Crippen LogP contribution in [0, 0.1) is 0 Å². The van der Waals surface area contributed by atoms with Crippen molar-refractivity contribution in [2.75, 3.05) is 5.32 Å². The van der Waals surface area contributed by atoms with Gasteiger partial charge in [-0.15, -0.1) is 22.7 Å². The number of nitrogens with zero attached hydrogens (tertiary/aromatic N) is 2. The molecule has 0 bridgehead atoms. The predicted molar refractivity (Wildman–Crippen MR) is 107 cm³/mol. The molecule has 2 heterocycles. The number of thiazole rings is 2. The molecule has 25 heavy (non-hydrogen) atoms. The Bertz CT molecular complexity index is 979. The average Bonchev–Trinajstić information content (AvgIpc) is 3.30. The highest BCUT2D eigenvalue weighted by molar-refractivity contribution is 7.15. The average molecular weight is 384 g/mol. The van der Waals surface area contributed by atoms with Crippen LogP contribution in [0.15, 0.2) is 66.2 Å². The molecule has 2 aromatic carbocycles. The van der Waals surface area contributed by atoms with Crippen LogP contribution in [0.3, 0.4) is 0 Å². The van der Waals surface area contributed by atoms with Gasteiger partial charge in [-0.2, -0.15) is 0 Å². The van der Waals surface area contributed by atoms with E-state index in [-0.39, 0.29) is 0 Å². The lowest BCUT2D eigenvalue weighted by Gasteiger charge is -2.06. The number of rotatable bonds is 5. The van der Waals surface area contributed by atoms with Crippen LogP contribution in [0.4, 0.5) is 5.69 Å². The molecule has 0 spiro atoms. The van der Waals surface area contributed by atoms with Crippen molar-refractivity contribution in [2.45, 2.75) is 6.54 Å². The molecule has 6 heteroatoms. The lowest BCUT2D eigenvalue weighted by Crippen LogP contribution is -1.97. The first-order valence-electron chi connectivity index (χ1n) is 7.73. The molecule has 124 valence electrons. The number of hydrogen-bond acceptors (Lipinski definition) is 5. The summed E-state index contributed by atoms with van der Waals surface area (Å²) in [6.07, 6.45) is 1.80. The SMILES string of the molecule is Clc1ncc(CNc2cccc(-c3nc(-c4ccccc4)cs3)c2)s1. The number of nitrogens with one attached hydrogen (secondary N) is 1. The topological polar surface area (TPSA) is 37.8 Å². The van der Waals surface area contributed by atoms with Gasteiger partial charge in [0, 0.05) is 33.3 Å². The molecule has 4 aromatic rings. The zero-order valence-electron chi connectivity index (χ0n) is 13.1. The summed E-state index contributed by atoms with van der Waals surface area (Å²) in [5, 5.41) is 6.53. The van der Waals surface area contributed by atoms with Gasteiger partial charge in [-0.3, -0.25) is 0 Å². The van der Waals surface area contributed by atoms with Crippen LogP contribution in [-0.2, 0) is 6.54 Å². The van der Waals surface area contributed by atoms with E-state index in [1.807, 2.05) is 24.3 Å². The van der Waals surface area contributed by atoms with Crippen LogP contribution in [0.25, 0.3) is 21.8 Å². The molecule has 2 aromatic heterocycles. The van der Waals surface area contributed by atoms with Crippen molar-refractivity contribution in [1.82, 2.24) is 9.97 Å². The predicted octanol–water partition coefficient (Wildman–Crippen LogP) is 6.20. The van der Waals surface area contributed by atoms with Gasteiger partial charge in [-0.05, 0) is 12.1 Å². The Morgan fingerprint density at radius 1 is 1.00 bits per heavy atom. The summed E-state index contributed by atoms with van der Waals surface area (Å²) < 4.78 is 0.571. The van der Waals surface area contributed by atoms with E-state index in [1.54, 1.807) is 17.5 Å². The normalized spacial score (nSPS) is 10.8. The van der Waals surface area contributed by atoms with Gasteiger partial charge in [-0.25, -0.2) is 9.97 Å². The van der Waals surface area contributed by atoms with Gasteiger partial charge in [0.1, 0.15) is 5.01 Å². The maximum Gasteiger partial charge on any atom is 0.183 e. The van der Waals surface area contributed by atoms with E-state index in [0.29, 0.717) is 11.0 Å².